The van der Waals surface area contributed by atoms with Gasteiger partial charge in [0.1, 0.15) is 0 Å². The minimum atomic E-state index is -0.735. The van der Waals surface area contributed by atoms with Crippen LogP contribution in [-0.2, 0) is 11.2 Å². The van der Waals surface area contributed by atoms with Crippen LogP contribution in [0.4, 0.5) is 0 Å². The lowest BCUT2D eigenvalue weighted by Crippen LogP contribution is -2.16. The first-order chi connectivity index (χ1) is 7.49. The van der Waals surface area contributed by atoms with E-state index in [9.17, 15) is 4.79 Å². The number of carboxylic acids is 1. The molecular weight excluding hydrogens is 224 g/mol. The van der Waals surface area contributed by atoms with Gasteiger partial charge in [0.05, 0.1) is 0 Å². The first-order valence-electron chi connectivity index (χ1n) is 5.45. The highest BCUT2D eigenvalue weighted by Crippen LogP contribution is 2.22. The van der Waals surface area contributed by atoms with Gasteiger partial charge >= 0.3 is 5.97 Å². The van der Waals surface area contributed by atoms with E-state index in [0.29, 0.717) is 10.9 Å². The smallest absolute Gasteiger partial charge is 0.303 e. The quantitative estimate of drug-likeness (QED) is 0.853. The first-order valence-corrected chi connectivity index (χ1v) is 5.83. The van der Waals surface area contributed by atoms with Gasteiger partial charge in [0.2, 0.25) is 0 Å². The Hall–Kier alpha value is -1.02. The second kappa shape index (κ2) is 5.90. The average molecular weight is 241 g/mol. The molecule has 0 bridgehead atoms. The third kappa shape index (κ3) is 4.23. The zero-order valence-electron chi connectivity index (χ0n) is 9.61. The van der Waals surface area contributed by atoms with Crippen molar-refractivity contribution in [3.8, 4) is 0 Å². The fraction of sp³-hybridized carbons (Fsp3) is 0.462. The van der Waals surface area contributed by atoms with Crippen LogP contribution in [0.15, 0.2) is 24.3 Å². The van der Waals surface area contributed by atoms with Gasteiger partial charge in [-0.1, -0.05) is 37.6 Å². The van der Waals surface area contributed by atoms with Crippen molar-refractivity contribution in [3.05, 3.63) is 34.9 Å². The molecule has 0 aromatic heterocycles. The third-order valence-electron chi connectivity index (χ3n) is 2.77. The zero-order chi connectivity index (χ0) is 12.1. The average Bonchev–Trinajstić information content (AvgIpc) is 2.15. The second-order valence-electron chi connectivity index (χ2n) is 4.44. The van der Waals surface area contributed by atoms with Crippen molar-refractivity contribution in [3.63, 3.8) is 0 Å². The van der Waals surface area contributed by atoms with Crippen molar-refractivity contribution in [1.29, 1.82) is 0 Å². The van der Waals surface area contributed by atoms with Crippen LogP contribution in [0, 0.1) is 11.8 Å². The van der Waals surface area contributed by atoms with Gasteiger partial charge in [-0.3, -0.25) is 4.79 Å². The summed E-state index contributed by atoms with van der Waals surface area (Å²) in [6.45, 7) is 4.11. The van der Waals surface area contributed by atoms with Crippen molar-refractivity contribution in [2.75, 3.05) is 0 Å². The van der Waals surface area contributed by atoms with Gasteiger partial charge < -0.3 is 5.11 Å². The van der Waals surface area contributed by atoms with E-state index >= 15 is 0 Å². The molecule has 3 heteroatoms. The normalized spacial score (nSPS) is 12.8. The molecule has 0 amide bonds. The van der Waals surface area contributed by atoms with E-state index in [4.69, 9.17) is 16.7 Å². The van der Waals surface area contributed by atoms with Crippen LogP contribution in [0.2, 0.25) is 5.02 Å². The lowest BCUT2D eigenvalue weighted by Gasteiger charge is -2.18. The van der Waals surface area contributed by atoms with Crippen LogP contribution < -0.4 is 0 Å². The van der Waals surface area contributed by atoms with Gasteiger partial charge in [0.15, 0.2) is 0 Å². The Morgan fingerprint density at radius 3 is 2.62 bits per heavy atom. The van der Waals surface area contributed by atoms with Gasteiger partial charge in [0.25, 0.3) is 0 Å². The summed E-state index contributed by atoms with van der Waals surface area (Å²) in [4.78, 5) is 10.7. The van der Waals surface area contributed by atoms with Gasteiger partial charge in [-0.2, -0.15) is 0 Å². The standard InChI is InChI=1S/C13H17ClO2/c1-9(2)11(8-13(15)16)6-10-4-3-5-12(14)7-10/h3-5,7,9,11H,6,8H2,1-2H3,(H,15,16). The molecule has 0 aliphatic heterocycles. The molecule has 16 heavy (non-hydrogen) atoms. The number of carbonyl (C=O) groups is 1. The monoisotopic (exact) mass is 240 g/mol. The predicted molar refractivity (Wildman–Crippen MR) is 65.7 cm³/mol. The molecule has 1 aromatic rings. The van der Waals surface area contributed by atoms with Crippen LogP contribution in [-0.4, -0.2) is 11.1 Å². The number of carboxylic acid groups (broad SMARTS) is 1. The maximum atomic E-state index is 10.7. The molecule has 2 nitrogen and oxygen atoms in total. The highest BCUT2D eigenvalue weighted by atomic mass is 35.5. The molecule has 0 fully saturated rings. The van der Waals surface area contributed by atoms with E-state index < -0.39 is 5.97 Å². The molecule has 1 atom stereocenters. The summed E-state index contributed by atoms with van der Waals surface area (Å²) in [5.74, 6) is -0.216. The fourth-order valence-corrected chi connectivity index (χ4v) is 1.95. The van der Waals surface area contributed by atoms with Crippen molar-refractivity contribution in [2.45, 2.75) is 26.7 Å². The van der Waals surface area contributed by atoms with E-state index in [2.05, 4.69) is 13.8 Å². The van der Waals surface area contributed by atoms with E-state index in [1.165, 1.54) is 0 Å². The molecule has 0 aliphatic carbocycles. The third-order valence-corrected chi connectivity index (χ3v) is 3.00. The number of hydrogen-bond donors (Lipinski definition) is 1. The van der Waals surface area contributed by atoms with E-state index in [1.54, 1.807) is 0 Å². The van der Waals surface area contributed by atoms with Crippen LogP contribution in [0.25, 0.3) is 0 Å². The maximum Gasteiger partial charge on any atom is 0.303 e. The molecule has 0 saturated carbocycles. The Kier molecular flexibility index (Phi) is 4.81. The lowest BCUT2D eigenvalue weighted by molar-refractivity contribution is -0.138. The molecule has 0 radical (unpaired) electrons. The minimum Gasteiger partial charge on any atom is -0.481 e. The number of rotatable bonds is 5. The molecule has 0 heterocycles. The topological polar surface area (TPSA) is 37.3 Å². The Labute approximate surface area is 101 Å². The number of hydrogen-bond acceptors (Lipinski definition) is 1. The molecule has 1 rings (SSSR count). The summed E-state index contributed by atoms with van der Waals surface area (Å²) >= 11 is 5.90. The summed E-state index contributed by atoms with van der Waals surface area (Å²) in [7, 11) is 0. The van der Waals surface area contributed by atoms with Crippen LogP contribution in [0.5, 0.6) is 0 Å². The van der Waals surface area contributed by atoms with Crippen LogP contribution >= 0.6 is 11.6 Å². The van der Waals surface area contributed by atoms with Crippen LogP contribution in [0.3, 0.4) is 0 Å². The Balaban J connectivity index is 2.71. The van der Waals surface area contributed by atoms with Crippen molar-refractivity contribution >= 4 is 17.6 Å². The summed E-state index contributed by atoms with van der Waals surface area (Å²) < 4.78 is 0. The number of aliphatic carboxylic acids is 1. The van der Waals surface area contributed by atoms with E-state index in [1.807, 2.05) is 24.3 Å². The maximum absolute atomic E-state index is 10.7. The molecule has 1 N–H and O–H groups in total. The molecule has 0 aliphatic rings. The van der Waals surface area contributed by atoms with Gasteiger partial charge in [0, 0.05) is 11.4 Å². The molecular formula is C13H17ClO2. The highest BCUT2D eigenvalue weighted by Gasteiger charge is 2.17. The molecule has 1 aromatic carbocycles. The van der Waals surface area contributed by atoms with Crippen LogP contribution in [0.1, 0.15) is 25.8 Å². The largest absolute Gasteiger partial charge is 0.481 e. The summed E-state index contributed by atoms with van der Waals surface area (Å²) in [6.07, 6.45) is 0.981. The van der Waals surface area contributed by atoms with Gasteiger partial charge in [-0.05, 0) is 36.0 Å². The Morgan fingerprint density at radius 2 is 2.12 bits per heavy atom. The summed E-state index contributed by atoms with van der Waals surface area (Å²) in [5, 5.41) is 9.54. The van der Waals surface area contributed by atoms with E-state index in [-0.39, 0.29) is 12.3 Å². The SMILES string of the molecule is CC(C)C(CC(=O)O)Cc1cccc(Cl)c1. The van der Waals surface area contributed by atoms with E-state index in [0.717, 1.165) is 12.0 Å². The van der Waals surface area contributed by atoms with Crippen molar-refractivity contribution in [2.24, 2.45) is 11.8 Å². The predicted octanol–water partition coefficient (Wildman–Crippen LogP) is 3.63. The van der Waals surface area contributed by atoms with Crippen molar-refractivity contribution in [1.82, 2.24) is 0 Å². The Morgan fingerprint density at radius 1 is 1.44 bits per heavy atom. The lowest BCUT2D eigenvalue weighted by atomic mass is 9.87. The summed E-state index contributed by atoms with van der Waals surface area (Å²) in [5.41, 5.74) is 1.10. The summed E-state index contributed by atoms with van der Waals surface area (Å²) in [6, 6.07) is 7.62. The highest BCUT2D eigenvalue weighted by molar-refractivity contribution is 6.30. The van der Waals surface area contributed by atoms with Crippen molar-refractivity contribution < 1.29 is 9.90 Å². The Bertz CT molecular complexity index is 361. The number of benzene rings is 1. The van der Waals surface area contributed by atoms with Gasteiger partial charge in [-0.25, -0.2) is 0 Å². The zero-order valence-corrected chi connectivity index (χ0v) is 10.4. The number of halogens is 1. The first kappa shape index (κ1) is 13.0. The molecule has 0 saturated heterocycles. The second-order valence-corrected chi connectivity index (χ2v) is 4.87. The van der Waals surface area contributed by atoms with Gasteiger partial charge in [-0.15, -0.1) is 0 Å². The fourth-order valence-electron chi connectivity index (χ4n) is 1.73. The molecule has 1 unspecified atom stereocenters. The minimum absolute atomic E-state index is 0.163. The molecule has 88 valence electrons. The molecule has 0 spiro atoms.